The van der Waals surface area contributed by atoms with Crippen molar-refractivity contribution in [2.45, 2.75) is 67.9 Å². The van der Waals surface area contributed by atoms with Crippen LogP contribution in [0.2, 0.25) is 0 Å². The van der Waals surface area contributed by atoms with Crippen molar-refractivity contribution in [2.75, 3.05) is 23.8 Å². The lowest BCUT2D eigenvalue weighted by Gasteiger charge is -2.34. The fourth-order valence-electron chi connectivity index (χ4n) is 6.17. The summed E-state index contributed by atoms with van der Waals surface area (Å²) in [4.78, 5) is 2.66. The van der Waals surface area contributed by atoms with Gasteiger partial charge in [0.05, 0.1) is 6.04 Å². The minimum absolute atomic E-state index is 0.138. The van der Waals surface area contributed by atoms with Crippen molar-refractivity contribution in [3.63, 3.8) is 0 Å². The predicted octanol–water partition coefficient (Wildman–Crippen LogP) is 8.27. The van der Waals surface area contributed by atoms with Crippen LogP contribution in [0.1, 0.15) is 65.3 Å². The Bertz CT molecular complexity index is 1130. The Labute approximate surface area is 208 Å². The third-order valence-corrected chi connectivity index (χ3v) is 10.0. The normalized spacial score (nSPS) is 20.2. The molecule has 1 atom stereocenters. The van der Waals surface area contributed by atoms with Crippen LogP contribution in [0.25, 0.3) is 0 Å². The molecule has 1 heterocycles. The van der Waals surface area contributed by atoms with Gasteiger partial charge in [-0.25, -0.2) is 0 Å². The van der Waals surface area contributed by atoms with Crippen LogP contribution in [0.15, 0.2) is 59.2 Å². The zero-order valence-corrected chi connectivity index (χ0v) is 23.2. The molecule has 1 fully saturated rings. The lowest BCUT2D eigenvalue weighted by Crippen LogP contribution is -2.27. The molecule has 0 saturated carbocycles. The highest BCUT2D eigenvalue weighted by Gasteiger charge is 2.36. The van der Waals surface area contributed by atoms with E-state index in [1.165, 1.54) is 68.3 Å². The summed E-state index contributed by atoms with van der Waals surface area (Å²) in [7, 11) is -0.138. The number of rotatable bonds is 5. The van der Waals surface area contributed by atoms with Crippen LogP contribution >= 0.6 is 7.92 Å². The largest absolute Gasteiger partial charge is 0.369 e. The lowest BCUT2D eigenvalue weighted by molar-refractivity contribution is 0.741. The Morgan fingerprint density at radius 2 is 1.41 bits per heavy atom. The summed E-state index contributed by atoms with van der Waals surface area (Å²) in [6, 6.07) is 9.67. The van der Waals surface area contributed by atoms with E-state index < -0.39 is 0 Å². The van der Waals surface area contributed by atoms with E-state index in [-0.39, 0.29) is 14.0 Å². The highest BCUT2D eigenvalue weighted by molar-refractivity contribution is 7.62. The number of benzene rings is 2. The molecule has 1 aliphatic carbocycles. The molecule has 1 unspecified atom stereocenters. The molecule has 1 aliphatic heterocycles. The summed E-state index contributed by atoms with van der Waals surface area (Å²) in [5.74, 6) is 1.32. The molecule has 2 aromatic carbocycles. The van der Waals surface area contributed by atoms with Crippen LogP contribution in [-0.4, -0.2) is 18.9 Å². The van der Waals surface area contributed by atoms with Gasteiger partial charge in [-0.2, -0.15) is 0 Å². The summed E-state index contributed by atoms with van der Waals surface area (Å²) >= 11 is 0. The first kappa shape index (κ1) is 24.8. The summed E-state index contributed by atoms with van der Waals surface area (Å²) in [5.41, 5.74) is 12.5. The third-order valence-electron chi connectivity index (χ3n) is 7.37. The van der Waals surface area contributed by atoms with E-state index in [2.05, 4.69) is 108 Å². The van der Waals surface area contributed by atoms with Crippen LogP contribution < -0.4 is 10.2 Å². The second-order valence-electron chi connectivity index (χ2n) is 10.0. The second-order valence-corrected chi connectivity index (χ2v) is 12.8. The number of hydrogen-bond acceptors (Lipinski definition) is 2. The fraction of sp³-hybridized carbons (Fsp3) is 0.419. The standard InChI is InChI=1S/C31H41N2P/c1-9-34(10-2)28-14-12-11-13-26(28)31-32-19-27(29-22(5)15-20(3)16-23(29)6)33(31)30-24(7)17-21(4)18-25(30)8/h11-12,14-18,27,32H,9-10,13,19H2,1-8H3. The van der Waals surface area contributed by atoms with Crippen molar-refractivity contribution in [3.05, 3.63) is 98.1 Å². The molecular weight excluding hydrogens is 431 g/mol. The fourth-order valence-corrected chi connectivity index (χ4v) is 8.18. The Morgan fingerprint density at radius 3 is 1.97 bits per heavy atom. The highest BCUT2D eigenvalue weighted by Crippen LogP contribution is 2.52. The van der Waals surface area contributed by atoms with Gasteiger partial charge in [-0.1, -0.05) is 75.4 Å². The van der Waals surface area contributed by atoms with Crippen molar-refractivity contribution in [3.8, 4) is 0 Å². The molecule has 1 N–H and O–H groups in total. The van der Waals surface area contributed by atoms with E-state index in [9.17, 15) is 0 Å². The summed E-state index contributed by atoms with van der Waals surface area (Å²) in [5, 5.41) is 5.51. The lowest BCUT2D eigenvalue weighted by atomic mass is 9.92. The number of allylic oxidation sites excluding steroid dienone is 5. The number of nitrogens with one attached hydrogen (secondary N) is 1. The van der Waals surface area contributed by atoms with Crippen molar-refractivity contribution in [1.82, 2.24) is 5.32 Å². The van der Waals surface area contributed by atoms with Gasteiger partial charge in [-0.05, 0) is 93.4 Å². The molecule has 0 radical (unpaired) electrons. The average molecular weight is 473 g/mol. The second kappa shape index (κ2) is 10.1. The first-order chi connectivity index (χ1) is 16.3. The van der Waals surface area contributed by atoms with E-state index in [1.807, 2.05) is 0 Å². The Balaban J connectivity index is 1.97. The topological polar surface area (TPSA) is 15.3 Å². The maximum atomic E-state index is 3.94. The predicted molar refractivity (Wildman–Crippen MR) is 151 cm³/mol. The van der Waals surface area contributed by atoms with E-state index >= 15 is 0 Å². The van der Waals surface area contributed by atoms with E-state index in [0.717, 1.165) is 13.0 Å². The SMILES string of the molecule is CCP(CC)C1=CC=CCC1=C1NCC(c2c(C)cc(C)cc2C)N1c1c(C)cc(C)cc1C. The maximum Gasteiger partial charge on any atom is 0.111 e. The van der Waals surface area contributed by atoms with Crippen molar-refractivity contribution in [1.29, 1.82) is 0 Å². The highest BCUT2D eigenvalue weighted by atomic mass is 31.1. The zero-order valence-electron chi connectivity index (χ0n) is 22.3. The first-order valence-electron chi connectivity index (χ1n) is 12.8. The van der Waals surface area contributed by atoms with Gasteiger partial charge >= 0.3 is 0 Å². The zero-order chi connectivity index (χ0) is 24.6. The van der Waals surface area contributed by atoms with Gasteiger partial charge in [0.1, 0.15) is 5.82 Å². The van der Waals surface area contributed by atoms with Gasteiger partial charge in [-0.15, -0.1) is 0 Å². The number of hydrogen-bond donors (Lipinski definition) is 1. The van der Waals surface area contributed by atoms with E-state index in [0.29, 0.717) is 0 Å². The van der Waals surface area contributed by atoms with Gasteiger partial charge in [-0.3, -0.25) is 0 Å². The Kier molecular flexibility index (Phi) is 7.39. The van der Waals surface area contributed by atoms with Gasteiger partial charge in [0.25, 0.3) is 0 Å². The van der Waals surface area contributed by atoms with E-state index in [4.69, 9.17) is 0 Å². The third kappa shape index (κ3) is 4.50. The van der Waals surface area contributed by atoms with Crippen LogP contribution in [0.3, 0.4) is 0 Å². The maximum absolute atomic E-state index is 3.94. The minimum atomic E-state index is -0.138. The molecule has 2 nitrogen and oxygen atoms in total. The summed E-state index contributed by atoms with van der Waals surface area (Å²) in [6.45, 7) is 19.2. The van der Waals surface area contributed by atoms with Crippen molar-refractivity contribution in [2.24, 2.45) is 0 Å². The van der Waals surface area contributed by atoms with Gasteiger partial charge in [0.15, 0.2) is 0 Å². The molecule has 0 spiro atoms. The molecule has 3 heteroatoms. The molecule has 0 aromatic heterocycles. The van der Waals surface area contributed by atoms with Gasteiger partial charge in [0.2, 0.25) is 0 Å². The van der Waals surface area contributed by atoms with E-state index in [1.54, 1.807) is 5.31 Å². The minimum Gasteiger partial charge on any atom is -0.369 e. The monoisotopic (exact) mass is 472 g/mol. The molecule has 1 saturated heterocycles. The molecule has 4 rings (SSSR count). The molecule has 0 amide bonds. The van der Waals surface area contributed by atoms with Crippen LogP contribution in [0, 0.1) is 41.5 Å². The Hall–Kier alpha value is -2.31. The van der Waals surface area contributed by atoms with Crippen LogP contribution in [0.5, 0.6) is 0 Å². The van der Waals surface area contributed by atoms with Gasteiger partial charge < -0.3 is 10.2 Å². The summed E-state index contributed by atoms with van der Waals surface area (Å²) in [6.07, 6.45) is 10.5. The Morgan fingerprint density at radius 1 is 0.853 bits per heavy atom. The number of anilines is 1. The van der Waals surface area contributed by atoms with Gasteiger partial charge in [0, 0.05) is 17.8 Å². The number of nitrogens with zero attached hydrogens (tertiary/aromatic N) is 1. The smallest absolute Gasteiger partial charge is 0.111 e. The molecule has 180 valence electrons. The molecular formula is C31H41N2P. The summed E-state index contributed by atoms with van der Waals surface area (Å²) < 4.78 is 0. The molecule has 34 heavy (non-hydrogen) atoms. The molecule has 2 aliphatic rings. The molecule has 2 aromatic rings. The van der Waals surface area contributed by atoms with Crippen LogP contribution in [0.4, 0.5) is 5.69 Å². The van der Waals surface area contributed by atoms with Crippen molar-refractivity contribution < 1.29 is 0 Å². The first-order valence-corrected chi connectivity index (χ1v) is 14.5. The molecule has 0 bridgehead atoms. The average Bonchev–Trinajstić information content (AvgIpc) is 3.17. The van der Waals surface area contributed by atoms with Crippen LogP contribution in [-0.2, 0) is 0 Å². The quantitative estimate of drug-likeness (QED) is 0.441. The van der Waals surface area contributed by atoms with Crippen molar-refractivity contribution >= 4 is 13.6 Å². The number of aryl methyl sites for hydroxylation is 6.